The van der Waals surface area contributed by atoms with E-state index in [0.29, 0.717) is 11.6 Å². The minimum atomic E-state index is -4.71. The molecule has 2 N–H and O–H groups in total. The summed E-state index contributed by atoms with van der Waals surface area (Å²) in [4.78, 5) is 38.2. The Labute approximate surface area is 191 Å². The number of carbonyl (C=O) groups is 3. The molecule has 0 aliphatic heterocycles. The molecule has 1 aromatic heterocycles. The summed E-state index contributed by atoms with van der Waals surface area (Å²) in [6.07, 6.45) is -5.12. The van der Waals surface area contributed by atoms with Gasteiger partial charge in [0.2, 0.25) is 5.78 Å². The van der Waals surface area contributed by atoms with Gasteiger partial charge in [0.15, 0.2) is 5.41 Å². The first-order chi connectivity index (χ1) is 15.4. The minimum Gasteiger partial charge on any atom is -0.480 e. The molecule has 0 atom stereocenters. The normalized spacial score (nSPS) is 12.2. The molecule has 10 heteroatoms. The largest absolute Gasteiger partial charge is 0.480 e. The topological polar surface area (TPSA) is 96.6 Å². The second-order valence-electron chi connectivity index (χ2n) is 7.41. The van der Waals surface area contributed by atoms with Crippen molar-refractivity contribution in [3.63, 3.8) is 0 Å². The van der Waals surface area contributed by atoms with E-state index in [1.165, 1.54) is 35.8 Å². The predicted molar refractivity (Wildman–Crippen MR) is 115 cm³/mol. The molecule has 0 aliphatic carbocycles. The van der Waals surface area contributed by atoms with Crippen molar-refractivity contribution >= 4 is 40.2 Å². The predicted octanol–water partition coefficient (Wildman–Crippen LogP) is 5.38. The smallest absolute Gasteiger partial charge is 0.416 e. The first kappa shape index (κ1) is 24.3. The van der Waals surface area contributed by atoms with Crippen LogP contribution in [0.1, 0.15) is 47.4 Å². The molecule has 0 saturated heterocycles. The lowest BCUT2D eigenvalue weighted by Gasteiger charge is -2.25. The van der Waals surface area contributed by atoms with Crippen molar-refractivity contribution in [1.82, 2.24) is 4.57 Å². The summed E-state index contributed by atoms with van der Waals surface area (Å²) in [6.45, 7) is 3.10. The number of halogens is 4. The molecule has 6 nitrogen and oxygen atoms in total. The van der Waals surface area contributed by atoms with E-state index < -0.39 is 41.3 Å². The standard InChI is InChI=1S/C23H19ClF3NO5/c1-3-22(20(30)31,21(32)33)17-15-9-8-14(24)11-16(15)28(4-2)18(17)19(29)12-6-5-7-13(10-12)23(25,26)27/h5-11H,3-4H2,1-2H3,(H,30,31)(H,32,33). The van der Waals surface area contributed by atoms with Crippen LogP contribution in [0.25, 0.3) is 10.9 Å². The van der Waals surface area contributed by atoms with E-state index in [1.807, 2.05) is 0 Å². The quantitative estimate of drug-likeness (QED) is 0.349. The summed E-state index contributed by atoms with van der Waals surface area (Å²) in [5.74, 6) is -4.31. The van der Waals surface area contributed by atoms with Crippen LogP contribution in [0, 0.1) is 0 Å². The molecule has 2 aromatic carbocycles. The van der Waals surface area contributed by atoms with Gasteiger partial charge in [-0.25, -0.2) is 0 Å². The average Bonchev–Trinajstić information content (AvgIpc) is 3.06. The highest BCUT2D eigenvalue weighted by atomic mass is 35.5. The number of fused-ring (bicyclic) bond motifs is 1. The Balaban J connectivity index is 2.48. The van der Waals surface area contributed by atoms with E-state index in [0.717, 1.165) is 12.1 Å². The molecular formula is C23H19ClF3NO5. The molecule has 0 amide bonds. The van der Waals surface area contributed by atoms with E-state index in [2.05, 4.69) is 0 Å². The molecular weight excluding hydrogens is 463 g/mol. The van der Waals surface area contributed by atoms with Crippen molar-refractivity contribution in [2.45, 2.75) is 38.4 Å². The Morgan fingerprint density at radius 3 is 2.15 bits per heavy atom. The number of aryl methyl sites for hydroxylation is 1. The van der Waals surface area contributed by atoms with Crippen molar-refractivity contribution in [1.29, 1.82) is 0 Å². The third-order valence-electron chi connectivity index (χ3n) is 5.70. The number of ketones is 1. The van der Waals surface area contributed by atoms with Gasteiger partial charge >= 0.3 is 18.1 Å². The molecule has 0 spiro atoms. The summed E-state index contributed by atoms with van der Waals surface area (Å²) in [5, 5.41) is 20.4. The number of carboxylic acid groups (broad SMARTS) is 2. The molecule has 33 heavy (non-hydrogen) atoms. The van der Waals surface area contributed by atoms with Crippen molar-refractivity contribution in [3.05, 3.63) is 69.9 Å². The number of benzene rings is 2. The lowest BCUT2D eigenvalue weighted by Crippen LogP contribution is -2.44. The summed E-state index contributed by atoms with van der Waals surface area (Å²) < 4.78 is 41.1. The lowest BCUT2D eigenvalue weighted by atomic mass is 9.75. The number of alkyl halides is 3. The first-order valence-electron chi connectivity index (χ1n) is 9.91. The first-order valence-corrected chi connectivity index (χ1v) is 10.3. The fourth-order valence-corrected chi connectivity index (χ4v) is 4.24. The van der Waals surface area contributed by atoms with Crippen LogP contribution >= 0.6 is 11.6 Å². The lowest BCUT2D eigenvalue weighted by molar-refractivity contribution is -0.157. The second-order valence-corrected chi connectivity index (χ2v) is 7.84. The van der Waals surface area contributed by atoms with Gasteiger partial charge in [0.1, 0.15) is 0 Å². The number of hydrogen-bond acceptors (Lipinski definition) is 3. The van der Waals surface area contributed by atoms with Crippen LogP contribution in [0.15, 0.2) is 42.5 Å². The van der Waals surface area contributed by atoms with Crippen LogP contribution in [0.4, 0.5) is 13.2 Å². The zero-order valence-electron chi connectivity index (χ0n) is 17.5. The van der Waals surface area contributed by atoms with Crippen LogP contribution in [-0.2, 0) is 27.7 Å². The average molecular weight is 482 g/mol. The van der Waals surface area contributed by atoms with E-state index >= 15 is 0 Å². The molecule has 1 heterocycles. The van der Waals surface area contributed by atoms with E-state index in [4.69, 9.17) is 11.6 Å². The molecule has 3 aromatic rings. The Morgan fingerprint density at radius 2 is 1.64 bits per heavy atom. The fourth-order valence-electron chi connectivity index (χ4n) is 4.08. The highest BCUT2D eigenvalue weighted by Crippen LogP contribution is 2.41. The molecule has 0 bridgehead atoms. The Bertz CT molecular complexity index is 1270. The highest BCUT2D eigenvalue weighted by molar-refractivity contribution is 6.31. The van der Waals surface area contributed by atoms with Gasteiger partial charge in [0.05, 0.1) is 16.8 Å². The summed E-state index contributed by atoms with van der Waals surface area (Å²) >= 11 is 6.09. The van der Waals surface area contributed by atoms with Crippen LogP contribution in [0.5, 0.6) is 0 Å². The van der Waals surface area contributed by atoms with Gasteiger partial charge in [0.25, 0.3) is 0 Å². The van der Waals surface area contributed by atoms with Crippen molar-refractivity contribution in [2.75, 3.05) is 0 Å². The van der Waals surface area contributed by atoms with Crippen LogP contribution in [0.3, 0.4) is 0 Å². The van der Waals surface area contributed by atoms with Crippen molar-refractivity contribution in [3.8, 4) is 0 Å². The molecule has 0 unspecified atom stereocenters. The highest BCUT2D eigenvalue weighted by Gasteiger charge is 2.51. The number of aliphatic carboxylic acids is 2. The van der Waals surface area contributed by atoms with E-state index in [9.17, 15) is 37.8 Å². The number of aromatic nitrogens is 1. The second kappa shape index (κ2) is 8.55. The van der Waals surface area contributed by atoms with E-state index in [-0.39, 0.29) is 33.8 Å². The van der Waals surface area contributed by atoms with Crippen molar-refractivity contribution < 1.29 is 37.8 Å². The molecule has 0 aliphatic rings. The monoisotopic (exact) mass is 481 g/mol. The van der Waals surface area contributed by atoms with Crippen LogP contribution in [-0.4, -0.2) is 32.5 Å². The van der Waals surface area contributed by atoms with Crippen LogP contribution < -0.4 is 0 Å². The Morgan fingerprint density at radius 1 is 1.00 bits per heavy atom. The van der Waals surface area contributed by atoms with Gasteiger partial charge in [0, 0.05) is 28.1 Å². The SMILES string of the molecule is CCn1c(C(=O)c2cccc(C(F)(F)F)c2)c(C(CC)(C(=O)O)C(=O)O)c2ccc(Cl)cc21. The number of carboxylic acids is 2. The molecule has 0 saturated carbocycles. The zero-order valence-corrected chi connectivity index (χ0v) is 18.3. The van der Waals surface area contributed by atoms with Crippen LogP contribution in [0.2, 0.25) is 5.02 Å². The van der Waals surface area contributed by atoms with Gasteiger partial charge in [-0.2, -0.15) is 13.2 Å². The summed E-state index contributed by atoms with van der Waals surface area (Å²) in [5.41, 5.74) is -4.22. The van der Waals surface area contributed by atoms with Gasteiger partial charge in [-0.3, -0.25) is 14.4 Å². The summed E-state index contributed by atoms with van der Waals surface area (Å²) in [7, 11) is 0. The molecule has 0 fully saturated rings. The number of rotatable bonds is 7. The molecule has 3 rings (SSSR count). The van der Waals surface area contributed by atoms with Gasteiger partial charge in [-0.15, -0.1) is 0 Å². The van der Waals surface area contributed by atoms with Gasteiger partial charge in [-0.05, 0) is 37.6 Å². The molecule has 174 valence electrons. The van der Waals surface area contributed by atoms with Gasteiger partial charge in [-0.1, -0.05) is 36.7 Å². The maximum atomic E-state index is 13.6. The maximum absolute atomic E-state index is 13.6. The third kappa shape index (κ3) is 3.86. The summed E-state index contributed by atoms with van der Waals surface area (Å²) in [6, 6.07) is 7.99. The maximum Gasteiger partial charge on any atom is 0.416 e. The Kier molecular flexibility index (Phi) is 6.30. The number of hydrogen-bond donors (Lipinski definition) is 2. The third-order valence-corrected chi connectivity index (χ3v) is 5.93. The number of nitrogens with zero attached hydrogens (tertiary/aromatic N) is 1. The minimum absolute atomic E-state index is 0.107. The zero-order chi connectivity index (χ0) is 24.7. The fraction of sp³-hybridized carbons (Fsp3) is 0.261. The number of carbonyl (C=O) groups excluding carboxylic acids is 1. The van der Waals surface area contributed by atoms with Crippen molar-refractivity contribution in [2.24, 2.45) is 0 Å². The van der Waals surface area contributed by atoms with Gasteiger partial charge < -0.3 is 14.8 Å². The Hall–Kier alpha value is -3.33. The molecule has 0 radical (unpaired) electrons. The van der Waals surface area contributed by atoms with E-state index in [1.54, 1.807) is 6.92 Å².